The van der Waals surface area contributed by atoms with Crippen molar-refractivity contribution in [2.24, 2.45) is 0 Å². The number of halogens is 1. The summed E-state index contributed by atoms with van der Waals surface area (Å²) in [5.41, 5.74) is 0.830. The average molecular weight is 329 g/mol. The van der Waals surface area contributed by atoms with Gasteiger partial charge in [-0.05, 0) is 25.1 Å². The molecule has 3 rings (SSSR count). The molecule has 0 radical (unpaired) electrons. The number of aromatic nitrogens is 2. The standard InChI is InChI=1S/C13H16N4O2S.ClH/c18-20(19,16-11-6-7-14-8-11)13-9-15-17(10-13)12-4-2-1-3-5-12;/h1-5,9-11,14,16H,6-8H2;1H. The zero-order valence-electron chi connectivity index (χ0n) is 11.3. The van der Waals surface area contributed by atoms with E-state index in [1.54, 1.807) is 4.68 Å². The zero-order chi connectivity index (χ0) is 14.0. The minimum atomic E-state index is -3.50. The number of benzene rings is 1. The molecule has 1 fully saturated rings. The molecule has 2 N–H and O–H groups in total. The van der Waals surface area contributed by atoms with Crippen LogP contribution in [0.2, 0.25) is 0 Å². The fourth-order valence-electron chi connectivity index (χ4n) is 2.21. The molecule has 6 nitrogen and oxygen atoms in total. The van der Waals surface area contributed by atoms with E-state index in [1.807, 2.05) is 30.3 Å². The molecule has 1 aromatic carbocycles. The third kappa shape index (κ3) is 3.62. The number of para-hydroxylation sites is 1. The molecule has 0 aliphatic carbocycles. The van der Waals surface area contributed by atoms with Crippen LogP contribution in [0, 0.1) is 0 Å². The first-order valence-electron chi connectivity index (χ1n) is 6.48. The quantitative estimate of drug-likeness (QED) is 0.875. The highest BCUT2D eigenvalue weighted by molar-refractivity contribution is 7.89. The number of hydrogen-bond acceptors (Lipinski definition) is 4. The van der Waals surface area contributed by atoms with E-state index in [2.05, 4.69) is 15.1 Å². The van der Waals surface area contributed by atoms with Crippen LogP contribution in [0.4, 0.5) is 0 Å². The molecular formula is C13H17ClN4O2S. The van der Waals surface area contributed by atoms with Crippen molar-refractivity contribution in [3.63, 3.8) is 0 Å². The monoisotopic (exact) mass is 328 g/mol. The van der Waals surface area contributed by atoms with Gasteiger partial charge >= 0.3 is 0 Å². The summed E-state index contributed by atoms with van der Waals surface area (Å²) in [7, 11) is -3.50. The Morgan fingerprint density at radius 1 is 1.29 bits per heavy atom. The first-order chi connectivity index (χ1) is 9.65. The van der Waals surface area contributed by atoms with E-state index < -0.39 is 10.0 Å². The van der Waals surface area contributed by atoms with Crippen LogP contribution in [0.25, 0.3) is 5.69 Å². The van der Waals surface area contributed by atoms with E-state index in [4.69, 9.17) is 0 Å². The van der Waals surface area contributed by atoms with Crippen LogP contribution in [0.5, 0.6) is 0 Å². The third-order valence-corrected chi connectivity index (χ3v) is 4.75. The van der Waals surface area contributed by atoms with Gasteiger partial charge in [0.1, 0.15) is 4.90 Å². The lowest BCUT2D eigenvalue weighted by Gasteiger charge is -2.10. The van der Waals surface area contributed by atoms with Crippen molar-refractivity contribution in [2.45, 2.75) is 17.4 Å². The predicted molar refractivity (Wildman–Crippen MR) is 82.4 cm³/mol. The lowest BCUT2D eigenvalue weighted by Crippen LogP contribution is -2.36. The Bertz CT molecular complexity index is 681. The highest BCUT2D eigenvalue weighted by atomic mass is 35.5. The van der Waals surface area contributed by atoms with Crippen molar-refractivity contribution in [1.82, 2.24) is 19.8 Å². The number of sulfonamides is 1. The summed E-state index contributed by atoms with van der Waals surface area (Å²) >= 11 is 0. The molecule has 8 heteroatoms. The van der Waals surface area contributed by atoms with Crippen LogP contribution < -0.4 is 10.0 Å². The fraction of sp³-hybridized carbons (Fsp3) is 0.308. The molecular weight excluding hydrogens is 312 g/mol. The Labute approximate surface area is 130 Å². The summed E-state index contributed by atoms with van der Waals surface area (Å²) in [4.78, 5) is 0.188. The van der Waals surface area contributed by atoms with E-state index in [-0.39, 0.29) is 23.3 Å². The fourth-order valence-corrected chi connectivity index (χ4v) is 3.41. The van der Waals surface area contributed by atoms with Gasteiger partial charge in [-0.2, -0.15) is 5.10 Å². The van der Waals surface area contributed by atoms with Gasteiger partial charge in [-0.25, -0.2) is 17.8 Å². The van der Waals surface area contributed by atoms with Crippen LogP contribution in [-0.2, 0) is 10.0 Å². The van der Waals surface area contributed by atoms with Crippen molar-refractivity contribution in [2.75, 3.05) is 13.1 Å². The molecule has 21 heavy (non-hydrogen) atoms. The molecule has 1 saturated heterocycles. The molecule has 0 saturated carbocycles. The summed E-state index contributed by atoms with van der Waals surface area (Å²) in [5.74, 6) is 0. The average Bonchev–Trinajstić information content (AvgIpc) is 3.10. The van der Waals surface area contributed by atoms with Gasteiger partial charge in [0.25, 0.3) is 0 Å². The lowest BCUT2D eigenvalue weighted by molar-refractivity contribution is 0.560. The largest absolute Gasteiger partial charge is 0.315 e. The summed E-state index contributed by atoms with van der Waals surface area (Å²) in [6.07, 6.45) is 3.71. The van der Waals surface area contributed by atoms with Crippen molar-refractivity contribution >= 4 is 22.4 Å². The Morgan fingerprint density at radius 2 is 2.05 bits per heavy atom. The number of hydrogen-bond donors (Lipinski definition) is 2. The van der Waals surface area contributed by atoms with Crippen molar-refractivity contribution in [1.29, 1.82) is 0 Å². The summed E-state index contributed by atoms with van der Waals surface area (Å²) in [6, 6.07) is 9.37. The van der Waals surface area contributed by atoms with Gasteiger partial charge in [-0.15, -0.1) is 12.4 Å². The molecule has 114 valence electrons. The minimum Gasteiger partial charge on any atom is -0.315 e. The molecule has 2 aromatic rings. The molecule has 0 amide bonds. The third-order valence-electron chi connectivity index (χ3n) is 3.27. The maximum Gasteiger partial charge on any atom is 0.244 e. The molecule has 2 heterocycles. The topological polar surface area (TPSA) is 76.0 Å². The molecule has 1 aromatic heterocycles. The van der Waals surface area contributed by atoms with Gasteiger partial charge in [0.2, 0.25) is 10.0 Å². The van der Waals surface area contributed by atoms with Crippen LogP contribution >= 0.6 is 12.4 Å². The van der Waals surface area contributed by atoms with Crippen LogP contribution in [-0.4, -0.2) is 37.3 Å². The van der Waals surface area contributed by atoms with Crippen LogP contribution in [0.1, 0.15) is 6.42 Å². The van der Waals surface area contributed by atoms with Gasteiger partial charge in [0.15, 0.2) is 0 Å². The second-order valence-corrected chi connectivity index (χ2v) is 6.48. The second kappa shape index (κ2) is 6.57. The molecule has 0 spiro atoms. The van der Waals surface area contributed by atoms with Gasteiger partial charge in [-0.1, -0.05) is 18.2 Å². The smallest absolute Gasteiger partial charge is 0.244 e. The van der Waals surface area contributed by atoms with Gasteiger partial charge in [0.05, 0.1) is 18.1 Å². The highest BCUT2D eigenvalue weighted by Gasteiger charge is 2.23. The predicted octanol–water partition coefficient (Wildman–Crippen LogP) is 0.934. The Morgan fingerprint density at radius 3 is 2.71 bits per heavy atom. The summed E-state index contributed by atoms with van der Waals surface area (Å²) < 4.78 is 28.7. The minimum absolute atomic E-state index is 0. The highest BCUT2D eigenvalue weighted by Crippen LogP contribution is 2.13. The van der Waals surface area contributed by atoms with Crippen LogP contribution in [0.3, 0.4) is 0 Å². The van der Waals surface area contributed by atoms with Crippen molar-refractivity contribution in [3.8, 4) is 5.69 Å². The molecule has 1 unspecified atom stereocenters. The van der Waals surface area contributed by atoms with E-state index in [1.165, 1.54) is 12.4 Å². The van der Waals surface area contributed by atoms with Crippen molar-refractivity contribution in [3.05, 3.63) is 42.7 Å². The number of nitrogens with zero attached hydrogens (tertiary/aromatic N) is 2. The molecule has 1 atom stereocenters. The van der Waals surface area contributed by atoms with E-state index in [0.29, 0.717) is 6.54 Å². The Balaban J connectivity index is 0.00000161. The summed E-state index contributed by atoms with van der Waals surface area (Å²) in [6.45, 7) is 1.52. The number of rotatable bonds is 4. The molecule has 1 aliphatic rings. The summed E-state index contributed by atoms with van der Waals surface area (Å²) in [5, 5.41) is 7.24. The first kappa shape index (κ1) is 16.0. The maximum absolute atomic E-state index is 12.2. The zero-order valence-corrected chi connectivity index (χ0v) is 12.9. The normalized spacial score (nSPS) is 18.4. The second-order valence-electron chi connectivity index (χ2n) is 4.77. The van der Waals surface area contributed by atoms with Gasteiger partial charge in [-0.3, -0.25) is 0 Å². The number of nitrogens with one attached hydrogen (secondary N) is 2. The van der Waals surface area contributed by atoms with Gasteiger partial charge < -0.3 is 5.32 Å². The Kier molecular flexibility index (Phi) is 5.00. The Hall–Kier alpha value is -1.41. The first-order valence-corrected chi connectivity index (χ1v) is 7.97. The maximum atomic E-state index is 12.2. The molecule has 1 aliphatic heterocycles. The SMILES string of the molecule is Cl.O=S(=O)(NC1CCNC1)c1cnn(-c2ccccc2)c1. The lowest BCUT2D eigenvalue weighted by atomic mass is 10.3. The molecule has 0 bridgehead atoms. The van der Waals surface area contributed by atoms with Gasteiger partial charge in [0, 0.05) is 12.6 Å². The van der Waals surface area contributed by atoms with Crippen LogP contribution in [0.15, 0.2) is 47.6 Å². The van der Waals surface area contributed by atoms with E-state index in [0.717, 1.165) is 18.7 Å². The van der Waals surface area contributed by atoms with E-state index >= 15 is 0 Å². The van der Waals surface area contributed by atoms with Crippen molar-refractivity contribution < 1.29 is 8.42 Å². The van der Waals surface area contributed by atoms with E-state index in [9.17, 15) is 8.42 Å².